The van der Waals surface area contributed by atoms with Crippen LogP contribution in [0.4, 0.5) is 8.78 Å². The molecule has 0 saturated carbocycles. The van der Waals surface area contributed by atoms with Gasteiger partial charge in [-0.25, -0.2) is 18.7 Å². The maximum atomic E-state index is 13.5. The Hall–Kier alpha value is -6.49. The van der Waals surface area contributed by atoms with Gasteiger partial charge in [0.15, 0.2) is 0 Å². The molecular weight excluding hydrogens is 1080 g/mol. The zero-order valence-electron chi connectivity index (χ0n) is 45.8. The molecule has 2 aromatic heterocycles. The zero-order valence-corrected chi connectivity index (χ0v) is 48.3. The molecule has 3 saturated heterocycles. The van der Waals surface area contributed by atoms with Gasteiger partial charge >= 0.3 is 0 Å². The summed E-state index contributed by atoms with van der Waals surface area (Å²) >= 11 is 8.21. The molecule has 7 aromatic carbocycles. The number of thioether (sulfide) groups is 2. The number of aromatic nitrogens is 2. The first kappa shape index (κ1) is 58.7. The van der Waals surface area contributed by atoms with Crippen molar-refractivity contribution in [2.75, 3.05) is 59.1 Å². The summed E-state index contributed by atoms with van der Waals surface area (Å²) in [6.45, 7) is 9.46. The fourth-order valence-corrected chi connectivity index (χ4v) is 13.3. The molecule has 420 valence electrons. The second-order valence-electron chi connectivity index (χ2n) is 20.4. The highest BCUT2D eigenvalue weighted by atomic mass is 32.2. The summed E-state index contributed by atoms with van der Waals surface area (Å²) in [5, 5.41) is 5.59. The van der Waals surface area contributed by atoms with Gasteiger partial charge in [-0.05, 0) is 75.3 Å². The number of pyridine rings is 2. The van der Waals surface area contributed by atoms with Crippen molar-refractivity contribution in [3.63, 3.8) is 0 Å². The Morgan fingerprint density at radius 3 is 1.32 bits per heavy atom. The van der Waals surface area contributed by atoms with Crippen LogP contribution in [0.25, 0.3) is 22.3 Å². The molecule has 0 radical (unpaired) electrons. The van der Waals surface area contributed by atoms with Crippen LogP contribution in [-0.4, -0.2) is 97.2 Å². The van der Waals surface area contributed by atoms with Crippen LogP contribution in [0, 0.1) is 11.6 Å². The van der Waals surface area contributed by atoms with Crippen LogP contribution in [0.5, 0.6) is 0 Å². The molecule has 1 N–H and O–H groups in total. The molecule has 3 aliphatic heterocycles. The van der Waals surface area contributed by atoms with Gasteiger partial charge in [-0.15, -0.1) is 0 Å². The van der Waals surface area contributed by atoms with E-state index in [-0.39, 0.29) is 45.7 Å². The number of nitrogens with one attached hydrogen (secondary N) is 1. The summed E-state index contributed by atoms with van der Waals surface area (Å²) in [7, 11) is 0. The summed E-state index contributed by atoms with van der Waals surface area (Å²) in [5.41, 5.74) is 10.3. The van der Waals surface area contributed by atoms with E-state index in [0.717, 1.165) is 91.3 Å². The second-order valence-corrected chi connectivity index (χ2v) is 23.2. The lowest BCUT2D eigenvalue weighted by Gasteiger charge is -2.37. The highest BCUT2D eigenvalue weighted by molar-refractivity contribution is 7.99. The molecule has 9 aromatic rings. The van der Waals surface area contributed by atoms with Gasteiger partial charge in [0.05, 0.1) is 53.9 Å². The number of nitrogens with zero attached hydrogens (tertiary/aromatic N) is 4. The summed E-state index contributed by atoms with van der Waals surface area (Å²) < 4.78 is 45.2. The summed E-state index contributed by atoms with van der Waals surface area (Å²) in [4.78, 5) is 14.3. The number of morpholine rings is 3. The molecule has 0 aliphatic carbocycles. The van der Waals surface area contributed by atoms with Crippen LogP contribution >= 0.6 is 36.2 Å². The predicted molar refractivity (Wildman–Crippen MR) is 333 cm³/mol. The van der Waals surface area contributed by atoms with Crippen molar-refractivity contribution >= 4 is 36.2 Å². The van der Waals surface area contributed by atoms with Crippen LogP contribution in [0.15, 0.2) is 247 Å². The molecule has 0 spiro atoms. The van der Waals surface area contributed by atoms with Crippen LogP contribution in [0.1, 0.15) is 43.6 Å². The average molecular weight is 1150 g/mol. The third-order valence-corrected chi connectivity index (χ3v) is 18.0. The SMILES string of the molecule is Fc1ccc(-c2cccnc2S[C@@H](c2ccccc2)[C@@H]2CN(Cc3ccccc3)CCO2)cc1.Fc1ccc(-c2cccnc2S[C@@H](c2ccccc2)[C@@H]2CNCCO2)cc1.S[C@@H](c1ccccc1)[C@@H]1CN(Cc2ccccc2)CCO1. The number of rotatable bonds is 16. The van der Waals surface area contributed by atoms with Crippen LogP contribution in [0.2, 0.25) is 0 Å². The lowest BCUT2D eigenvalue weighted by molar-refractivity contribution is -0.0320. The van der Waals surface area contributed by atoms with E-state index in [4.69, 9.17) is 31.8 Å². The molecule has 3 aliphatic rings. The smallest absolute Gasteiger partial charge is 0.123 e. The third kappa shape index (κ3) is 16.8. The fourth-order valence-electron chi connectivity index (χ4n) is 10.4. The summed E-state index contributed by atoms with van der Waals surface area (Å²) in [6, 6.07) is 73.6. The van der Waals surface area contributed by atoms with Crippen LogP contribution < -0.4 is 5.32 Å². The third-order valence-electron chi connectivity index (χ3n) is 14.6. The molecule has 13 heteroatoms. The molecule has 8 nitrogen and oxygen atoms in total. The molecular formula is C69H69F2N5O3S3. The van der Waals surface area contributed by atoms with E-state index in [2.05, 4.69) is 154 Å². The van der Waals surface area contributed by atoms with Gasteiger partial charge in [-0.1, -0.05) is 212 Å². The standard InChI is InChI=1S/C29H27FN2OS.C22H21FN2OS.C18H21NOS/c30-25-15-13-23(14-16-25)26-12-7-17-31-29(26)34-28(24-10-5-2-6-11-24)27-21-32(18-19-33-27)20-22-8-3-1-4-9-22;23-18-10-8-16(9-11-18)19-7-4-12-25-22(19)27-21(17-5-2-1-3-6-17)20-15-24-13-14-26-20;21-18(16-9-5-2-6-10-16)17-14-19(11-12-20-17)13-15-7-3-1-4-8-15/h1-17,27-28H,18-21H2;1-12,20-21,24H,13-15H2;1-10,17-18,21H,11-14H2/t27-,28-;20-,21-;17-,18-/m000/s1. The average Bonchev–Trinajstić information content (AvgIpc) is 3.56. The number of thiol groups is 1. The van der Waals surface area contributed by atoms with Gasteiger partial charge in [0.1, 0.15) is 21.7 Å². The first-order valence-corrected chi connectivity index (χ1v) is 30.3. The minimum Gasteiger partial charge on any atom is -0.374 e. The van der Waals surface area contributed by atoms with Gasteiger partial charge < -0.3 is 19.5 Å². The molecule has 0 bridgehead atoms. The number of ether oxygens (including phenoxy) is 3. The quantitative estimate of drug-likeness (QED) is 0.0722. The van der Waals surface area contributed by atoms with Crippen LogP contribution in [0.3, 0.4) is 0 Å². The molecule has 5 heterocycles. The highest BCUT2D eigenvalue weighted by Gasteiger charge is 2.32. The molecule has 0 amide bonds. The van der Waals surface area contributed by atoms with E-state index in [1.165, 1.54) is 52.1 Å². The van der Waals surface area contributed by atoms with Gasteiger partial charge in [0.2, 0.25) is 0 Å². The Morgan fingerprint density at radius 1 is 0.463 bits per heavy atom. The Bertz CT molecular complexity index is 3280. The number of hydrogen-bond acceptors (Lipinski definition) is 11. The molecule has 0 unspecified atom stereocenters. The van der Waals surface area contributed by atoms with Gasteiger partial charge in [0.25, 0.3) is 0 Å². The molecule has 12 rings (SSSR count). The topological polar surface area (TPSA) is 72.0 Å². The van der Waals surface area contributed by atoms with Crippen molar-refractivity contribution in [2.24, 2.45) is 0 Å². The van der Waals surface area contributed by atoms with E-state index in [1.54, 1.807) is 41.9 Å². The van der Waals surface area contributed by atoms with Gasteiger partial charge in [-0.2, -0.15) is 12.6 Å². The van der Waals surface area contributed by atoms with Crippen molar-refractivity contribution in [1.29, 1.82) is 0 Å². The lowest BCUT2D eigenvalue weighted by atomic mass is 10.1. The predicted octanol–water partition coefficient (Wildman–Crippen LogP) is 14.9. The minimum atomic E-state index is -0.238. The molecule has 3 fully saturated rings. The fraction of sp³-hybridized carbons (Fsp3) is 0.246. The summed E-state index contributed by atoms with van der Waals surface area (Å²) in [5.74, 6) is -0.473. The number of hydrogen-bond donors (Lipinski definition) is 2. The van der Waals surface area contributed by atoms with Gasteiger partial charge in [-0.3, -0.25) is 9.80 Å². The van der Waals surface area contributed by atoms with Crippen molar-refractivity contribution in [2.45, 2.75) is 57.2 Å². The van der Waals surface area contributed by atoms with E-state index in [0.29, 0.717) is 13.2 Å². The van der Waals surface area contributed by atoms with E-state index < -0.39 is 0 Å². The first-order chi connectivity index (χ1) is 40.4. The van der Waals surface area contributed by atoms with Gasteiger partial charge in [0, 0.05) is 75.9 Å². The van der Waals surface area contributed by atoms with Crippen molar-refractivity contribution in [3.05, 3.63) is 276 Å². The Kier molecular flexibility index (Phi) is 22.0. The van der Waals surface area contributed by atoms with E-state index >= 15 is 0 Å². The van der Waals surface area contributed by atoms with Crippen LogP contribution in [-0.2, 0) is 27.3 Å². The second kappa shape index (κ2) is 30.7. The zero-order chi connectivity index (χ0) is 56.1. The van der Waals surface area contributed by atoms with E-state index in [1.807, 2.05) is 60.8 Å². The maximum absolute atomic E-state index is 13.5. The van der Waals surface area contributed by atoms with Crippen molar-refractivity contribution in [3.8, 4) is 22.3 Å². The Morgan fingerprint density at radius 2 is 0.866 bits per heavy atom. The number of benzene rings is 7. The Balaban J connectivity index is 0.000000142. The number of halogens is 2. The summed E-state index contributed by atoms with van der Waals surface area (Å²) in [6.07, 6.45) is 3.86. The monoisotopic (exact) mass is 1150 g/mol. The largest absolute Gasteiger partial charge is 0.374 e. The first-order valence-electron chi connectivity index (χ1n) is 28.1. The molecule has 82 heavy (non-hydrogen) atoms. The maximum Gasteiger partial charge on any atom is 0.123 e. The lowest BCUT2D eigenvalue weighted by Crippen LogP contribution is -2.44. The van der Waals surface area contributed by atoms with Crippen molar-refractivity contribution in [1.82, 2.24) is 25.1 Å². The minimum absolute atomic E-state index is 0.0212. The highest BCUT2D eigenvalue weighted by Crippen LogP contribution is 2.44. The van der Waals surface area contributed by atoms with Crippen molar-refractivity contribution < 1.29 is 23.0 Å². The Labute approximate surface area is 496 Å². The normalized spacial score (nSPS) is 18.6. The molecule has 6 atom stereocenters. The van der Waals surface area contributed by atoms with E-state index in [9.17, 15) is 8.78 Å².